The SMILES string of the molecule is C=CCn1c(=O)c2cnc(NC3CCN(C(=O)CCOCCOCCOCCOCCCC)CC3)nc2n1-c1cccc(C(C)(C)O)n1. The molecule has 1 aliphatic rings. The van der Waals surface area contributed by atoms with Gasteiger partial charge in [0.05, 0.1) is 64.9 Å². The Labute approximate surface area is 282 Å². The van der Waals surface area contributed by atoms with Gasteiger partial charge in [0.15, 0.2) is 11.5 Å². The lowest BCUT2D eigenvalue weighted by Crippen LogP contribution is -2.42. The fourth-order valence-electron chi connectivity index (χ4n) is 5.28. The Hall–Kier alpha value is -3.69. The molecule has 1 amide bonds. The van der Waals surface area contributed by atoms with Crippen LogP contribution in [0.25, 0.3) is 16.9 Å². The molecular weight excluding hydrogens is 618 g/mol. The summed E-state index contributed by atoms with van der Waals surface area (Å²) >= 11 is 0. The zero-order chi connectivity index (χ0) is 34.4. The molecule has 14 heteroatoms. The standard InChI is InChI=1S/C34H51N7O7/c1-5-7-17-45-19-21-47-23-24-48-22-20-46-18-13-30(42)39-15-11-26(12-16-39)36-33-35-25-27-31(38-33)41(40(14-6-2)32(27)43)29-10-8-9-28(37-29)34(3,4)44/h6,8-10,25-26,44H,2,5,7,11-24H2,1,3-4H3,(H,35,36,38). The van der Waals surface area contributed by atoms with Crippen LogP contribution in [0.1, 0.15) is 58.6 Å². The number of carbonyl (C=O) groups is 1. The summed E-state index contributed by atoms with van der Waals surface area (Å²) in [7, 11) is 0. The quantitative estimate of drug-likeness (QED) is 0.127. The van der Waals surface area contributed by atoms with Crippen LogP contribution in [0.15, 0.2) is 41.8 Å². The predicted octanol–water partition coefficient (Wildman–Crippen LogP) is 3.05. The molecule has 1 saturated heterocycles. The normalized spacial score (nSPS) is 14.1. The Bertz CT molecular complexity index is 1510. The third kappa shape index (κ3) is 10.7. The van der Waals surface area contributed by atoms with E-state index in [1.165, 1.54) is 10.9 Å². The summed E-state index contributed by atoms with van der Waals surface area (Å²) in [6, 6.07) is 5.34. The van der Waals surface area contributed by atoms with E-state index in [0.29, 0.717) is 94.3 Å². The van der Waals surface area contributed by atoms with Gasteiger partial charge in [0.1, 0.15) is 11.0 Å². The van der Waals surface area contributed by atoms with Crippen molar-refractivity contribution in [3.05, 3.63) is 53.1 Å². The van der Waals surface area contributed by atoms with E-state index in [2.05, 4.69) is 28.8 Å². The summed E-state index contributed by atoms with van der Waals surface area (Å²) in [5, 5.41) is 14.3. The number of likely N-dealkylation sites (tertiary alicyclic amines) is 1. The van der Waals surface area contributed by atoms with Crippen molar-refractivity contribution < 1.29 is 28.8 Å². The number of fused-ring (bicyclic) bond motifs is 1. The van der Waals surface area contributed by atoms with Crippen molar-refractivity contribution in [2.24, 2.45) is 0 Å². The van der Waals surface area contributed by atoms with E-state index in [4.69, 9.17) is 23.9 Å². The number of carbonyl (C=O) groups excluding carboxylic acids is 1. The lowest BCUT2D eigenvalue weighted by molar-refractivity contribution is -0.133. The van der Waals surface area contributed by atoms with Gasteiger partial charge >= 0.3 is 0 Å². The van der Waals surface area contributed by atoms with Gasteiger partial charge in [-0.25, -0.2) is 19.3 Å². The first kappa shape index (κ1) is 37.1. The van der Waals surface area contributed by atoms with Gasteiger partial charge in [0, 0.05) is 31.9 Å². The van der Waals surface area contributed by atoms with Crippen LogP contribution in [0.3, 0.4) is 0 Å². The summed E-state index contributed by atoms with van der Waals surface area (Å²) in [5.74, 6) is 0.893. The van der Waals surface area contributed by atoms with Crippen LogP contribution in [0, 0.1) is 0 Å². The number of piperidine rings is 1. The smallest absolute Gasteiger partial charge is 0.278 e. The summed E-state index contributed by atoms with van der Waals surface area (Å²) < 4.78 is 25.2. The molecule has 0 aliphatic carbocycles. The van der Waals surface area contributed by atoms with E-state index in [9.17, 15) is 14.7 Å². The number of pyridine rings is 1. The third-order valence-electron chi connectivity index (χ3n) is 7.96. The Morgan fingerprint density at radius 3 is 2.29 bits per heavy atom. The monoisotopic (exact) mass is 669 g/mol. The van der Waals surface area contributed by atoms with Crippen LogP contribution in [-0.2, 0) is 35.9 Å². The molecule has 0 aromatic carbocycles. The molecule has 0 atom stereocenters. The van der Waals surface area contributed by atoms with Gasteiger partial charge in [0.2, 0.25) is 11.9 Å². The van der Waals surface area contributed by atoms with Crippen LogP contribution in [-0.4, -0.2) is 112 Å². The predicted molar refractivity (Wildman–Crippen MR) is 182 cm³/mol. The lowest BCUT2D eigenvalue weighted by atomic mass is 10.0. The molecule has 0 saturated carbocycles. The van der Waals surface area contributed by atoms with E-state index < -0.39 is 5.60 Å². The fourth-order valence-corrected chi connectivity index (χ4v) is 5.28. The Morgan fingerprint density at radius 2 is 1.67 bits per heavy atom. The van der Waals surface area contributed by atoms with Crippen molar-refractivity contribution in [2.45, 2.75) is 71.1 Å². The van der Waals surface area contributed by atoms with Gasteiger partial charge in [-0.15, -0.1) is 6.58 Å². The molecule has 3 aromatic rings. The maximum Gasteiger partial charge on any atom is 0.278 e. The number of hydrogen-bond acceptors (Lipinski definition) is 11. The number of hydrogen-bond donors (Lipinski definition) is 2. The topological polar surface area (TPSA) is 155 Å². The van der Waals surface area contributed by atoms with E-state index in [-0.39, 0.29) is 24.1 Å². The number of unbranched alkanes of at least 4 members (excludes halogenated alkanes) is 1. The molecule has 2 N–H and O–H groups in total. The van der Waals surface area contributed by atoms with Crippen molar-refractivity contribution in [1.29, 1.82) is 0 Å². The van der Waals surface area contributed by atoms with Crippen LogP contribution in [0.2, 0.25) is 0 Å². The highest BCUT2D eigenvalue weighted by Crippen LogP contribution is 2.22. The molecule has 0 spiro atoms. The number of amides is 1. The largest absolute Gasteiger partial charge is 0.384 e. The lowest BCUT2D eigenvalue weighted by Gasteiger charge is -2.32. The average Bonchev–Trinajstić information content (AvgIpc) is 3.35. The first-order chi connectivity index (χ1) is 23.2. The molecule has 0 unspecified atom stereocenters. The van der Waals surface area contributed by atoms with Gasteiger partial charge < -0.3 is 34.3 Å². The third-order valence-corrected chi connectivity index (χ3v) is 7.96. The number of allylic oxidation sites excluding steroid dienone is 1. The molecule has 1 fully saturated rings. The minimum absolute atomic E-state index is 0.0598. The van der Waals surface area contributed by atoms with Crippen molar-refractivity contribution in [1.82, 2.24) is 29.2 Å². The first-order valence-corrected chi connectivity index (χ1v) is 16.9. The van der Waals surface area contributed by atoms with Gasteiger partial charge in [-0.2, -0.15) is 4.98 Å². The number of aliphatic hydroxyl groups is 1. The highest BCUT2D eigenvalue weighted by molar-refractivity contribution is 5.77. The molecular formula is C34H51N7O7. The average molecular weight is 670 g/mol. The maximum absolute atomic E-state index is 13.3. The number of nitrogens with one attached hydrogen (secondary N) is 1. The second-order valence-electron chi connectivity index (χ2n) is 12.2. The van der Waals surface area contributed by atoms with Crippen LogP contribution >= 0.6 is 0 Å². The van der Waals surface area contributed by atoms with Gasteiger partial charge in [-0.1, -0.05) is 25.5 Å². The summed E-state index contributed by atoms with van der Waals surface area (Å²) in [5.41, 5.74) is -0.568. The van der Waals surface area contributed by atoms with Crippen molar-refractivity contribution in [2.75, 3.05) is 71.3 Å². The van der Waals surface area contributed by atoms with Gasteiger partial charge in [-0.05, 0) is 45.2 Å². The van der Waals surface area contributed by atoms with Crippen molar-refractivity contribution in [3.63, 3.8) is 0 Å². The van der Waals surface area contributed by atoms with Crippen LogP contribution in [0.4, 0.5) is 5.95 Å². The van der Waals surface area contributed by atoms with E-state index in [1.54, 1.807) is 42.8 Å². The number of nitrogens with zero attached hydrogens (tertiary/aromatic N) is 6. The Morgan fingerprint density at radius 1 is 1.02 bits per heavy atom. The van der Waals surface area contributed by atoms with Crippen molar-refractivity contribution >= 4 is 22.9 Å². The molecule has 14 nitrogen and oxygen atoms in total. The maximum atomic E-state index is 13.3. The summed E-state index contributed by atoms with van der Waals surface area (Å²) in [4.78, 5) is 41.7. The second-order valence-corrected chi connectivity index (χ2v) is 12.2. The van der Waals surface area contributed by atoms with Crippen LogP contribution < -0.4 is 10.9 Å². The zero-order valence-corrected chi connectivity index (χ0v) is 28.6. The zero-order valence-electron chi connectivity index (χ0n) is 28.6. The molecule has 48 heavy (non-hydrogen) atoms. The number of aromatic nitrogens is 5. The van der Waals surface area contributed by atoms with Gasteiger partial charge in [0.25, 0.3) is 5.56 Å². The van der Waals surface area contributed by atoms with E-state index in [1.807, 2.05) is 4.90 Å². The molecule has 4 heterocycles. The highest BCUT2D eigenvalue weighted by atomic mass is 16.6. The molecule has 3 aromatic heterocycles. The second kappa shape index (κ2) is 18.7. The van der Waals surface area contributed by atoms with E-state index >= 15 is 0 Å². The van der Waals surface area contributed by atoms with E-state index in [0.717, 1.165) is 32.3 Å². The summed E-state index contributed by atoms with van der Waals surface area (Å²) in [6.07, 6.45) is 7.13. The number of anilines is 1. The fraction of sp³-hybridized carbons (Fsp3) is 0.618. The number of ether oxygens (including phenoxy) is 4. The Balaban J connectivity index is 1.21. The minimum atomic E-state index is -1.16. The molecule has 264 valence electrons. The Kier molecular flexibility index (Phi) is 14.5. The molecule has 1 aliphatic heterocycles. The molecule has 0 radical (unpaired) electrons. The molecule has 0 bridgehead atoms. The van der Waals surface area contributed by atoms with Crippen molar-refractivity contribution in [3.8, 4) is 5.82 Å². The van der Waals surface area contributed by atoms with Crippen LogP contribution in [0.5, 0.6) is 0 Å². The first-order valence-electron chi connectivity index (χ1n) is 16.9. The number of rotatable bonds is 21. The minimum Gasteiger partial charge on any atom is -0.384 e. The summed E-state index contributed by atoms with van der Waals surface area (Å²) in [6.45, 7) is 14.9. The van der Waals surface area contributed by atoms with Gasteiger partial charge in [-0.3, -0.25) is 9.59 Å². The molecule has 4 rings (SSSR count). The highest BCUT2D eigenvalue weighted by Gasteiger charge is 2.25.